The summed E-state index contributed by atoms with van der Waals surface area (Å²) in [5, 5.41) is 5.74. The van der Waals surface area contributed by atoms with E-state index in [1.165, 1.54) is 6.92 Å². The molecule has 2 N–H and O–H groups in total. The van der Waals surface area contributed by atoms with Gasteiger partial charge in [0.15, 0.2) is 0 Å². The second-order valence-corrected chi connectivity index (χ2v) is 9.69. The zero-order valence-corrected chi connectivity index (χ0v) is 19.5. The van der Waals surface area contributed by atoms with Crippen molar-refractivity contribution >= 4 is 17.9 Å². The number of likely N-dealkylation sites (tertiary alicyclic amines) is 1. The van der Waals surface area contributed by atoms with Crippen molar-refractivity contribution in [1.29, 1.82) is 0 Å². The Kier molecular flexibility index (Phi) is 7.31. The van der Waals surface area contributed by atoms with E-state index in [0.29, 0.717) is 38.9 Å². The first-order chi connectivity index (χ1) is 15.1. The molecule has 1 aromatic rings. The summed E-state index contributed by atoms with van der Waals surface area (Å²) in [5.41, 5.74) is 0.0882. The molecule has 2 heterocycles. The average molecular weight is 446 g/mol. The van der Waals surface area contributed by atoms with Gasteiger partial charge in [0, 0.05) is 57.8 Å². The van der Waals surface area contributed by atoms with Crippen LogP contribution in [0.15, 0.2) is 24.3 Å². The molecule has 0 aromatic heterocycles. The number of para-hydroxylation sites is 1. The van der Waals surface area contributed by atoms with Crippen LogP contribution in [0.5, 0.6) is 5.75 Å². The van der Waals surface area contributed by atoms with Crippen molar-refractivity contribution < 1.29 is 23.9 Å². The van der Waals surface area contributed by atoms with Gasteiger partial charge in [-0.2, -0.15) is 0 Å². The molecule has 1 unspecified atom stereocenters. The molecule has 2 aliphatic rings. The number of nitrogens with one attached hydrogen (secondary N) is 2. The summed E-state index contributed by atoms with van der Waals surface area (Å²) in [6.45, 7) is 8.60. The van der Waals surface area contributed by atoms with E-state index in [1.807, 2.05) is 49.9 Å². The van der Waals surface area contributed by atoms with Crippen LogP contribution in [-0.4, -0.2) is 53.6 Å². The number of hydrogen-bond acceptors (Lipinski definition) is 5. The summed E-state index contributed by atoms with van der Waals surface area (Å²) in [7, 11) is 0. The molecule has 8 nitrogen and oxygen atoms in total. The molecule has 0 bridgehead atoms. The monoisotopic (exact) mass is 445 g/mol. The van der Waals surface area contributed by atoms with Gasteiger partial charge in [0.2, 0.25) is 11.8 Å². The first-order valence-corrected chi connectivity index (χ1v) is 11.4. The van der Waals surface area contributed by atoms with Gasteiger partial charge in [0.05, 0.1) is 6.04 Å². The number of carbonyl (C=O) groups excluding carboxylic acids is 3. The third-order valence-corrected chi connectivity index (χ3v) is 5.84. The SMILES string of the molecule is CC(=O)NC1CC2(CCN(C(=O)CCCNC(=O)OC(C)(C)C)CC2)Oc2ccccc21. The maximum Gasteiger partial charge on any atom is 0.407 e. The van der Waals surface area contributed by atoms with E-state index < -0.39 is 11.7 Å². The summed E-state index contributed by atoms with van der Waals surface area (Å²) in [5.74, 6) is 0.834. The van der Waals surface area contributed by atoms with Gasteiger partial charge >= 0.3 is 6.09 Å². The summed E-state index contributed by atoms with van der Waals surface area (Å²) in [6.07, 6.45) is 2.62. The zero-order valence-electron chi connectivity index (χ0n) is 19.5. The number of piperidine rings is 1. The Morgan fingerprint density at radius 1 is 1.19 bits per heavy atom. The topological polar surface area (TPSA) is 97.0 Å². The zero-order chi connectivity index (χ0) is 23.4. The second kappa shape index (κ2) is 9.79. The third kappa shape index (κ3) is 6.37. The molecule has 0 radical (unpaired) electrons. The summed E-state index contributed by atoms with van der Waals surface area (Å²) in [4.78, 5) is 37.9. The van der Waals surface area contributed by atoms with Gasteiger partial charge in [-0.1, -0.05) is 18.2 Å². The molecule has 2 aliphatic heterocycles. The highest BCUT2D eigenvalue weighted by Crippen LogP contribution is 2.44. The van der Waals surface area contributed by atoms with E-state index in [-0.39, 0.29) is 23.5 Å². The normalized spacial score (nSPS) is 19.5. The number of alkyl carbamates (subject to hydrolysis) is 1. The molecule has 0 saturated carbocycles. The van der Waals surface area contributed by atoms with Gasteiger partial charge in [-0.15, -0.1) is 0 Å². The Balaban J connectivity index is 1.48. The Morgan fingerprint density at radius 2 is 1.88 bits per heavy atom. The van der Waals surface area contributed by atoms with Crippen molar-refractivity contribution in [2.45, 2.75) is 77.0 Å². The molecular formula is C24H35N3O5. The number of hydrogen-bond donors (Lipinski definition) is 2. The van der Waals surface area contributed by atoms with Gasteiger partial charge in [-0.05, 0) is 33.3 Å². The number of amides is 3. The minimum Gasteiger partial charge on any atom is -0.487 e. The quantitative estimate of drug-likeness (QED) is 0.678. The van der Waals surface area contributed by atoms with Crippen LogP contribution in [0.25, 0.3) is 0 Å². The lowest BCUT2D eigenvalue weighted by molar-refractivity contribution is -0.135. The highest BCUT2D eigenvalue weighted by molar-refractivity contribution is 5.76. The molecule has 8 heteroatoms. The van der Waals surface area contributed by atoms with Crippen molar-refractivity contribution in [3.63, 3.8) is 0 Å². The molecule has 1 fully saturated rings. The summed E-state index contributed by atoms with van der Waals surface area (Å²) >= 11 is 0. The number of carbonyl (C=O) groups is 3. The Bertz CT molecular complexity index is 840. The maximum absolute atomic E-state index is 12.6. The molecule has 1 atom stereocenters. The lowest BCUT2D eigenvalue weighted by Gasteiger charge is -2.47. The molecule has 3 amide bonds. The van der Waals surface area contributed by atoms with Gasteiger partial charge in [0.1, 0.15) is 17.0 Å². The maximum atomic E-state index is 12.6. The number of fused-ring (bicyclic) bond motifs is 1. The van der Waals surface area contributed by atoms with Crippen LogP contribution in [0.1, 0.15) is 71.4 Å². The molecule has 1 aromatic carbocycles. The van der Waals surface area contributed by atoms with Crippen LogP contribution in [-0.2, 0) is 14.3 Å². The van der Waals surface area contributed by atoms with E-state index in [9.17, 15) is 14.4 Å². The highest BCUT2D eigenvalue weighted by Gasteiger charge is 2.44. The third-order valence-electron chi connectivity index (χ3n) is 5.84. The predicted molar refractivity (Wildman–Crippen MR) is 120 cm³/mol. The van der Waals surface area contributed by atoms with Crippen molar-refractivity contribution in [2.75, 3.05) is 19.6 Å². The van der Waals surface area contributed by atoms with Crippen LogP contribution in [0.3, 0.4) is 0 Å². The number of nitrogens with zero attached hydrogens (tertiary/aromatic N) is 1. The molecular weight excluding hydrogens is 410 g/mol. The Labute approximate surface area is 190 Å². The molecule has 3 rings (SSSR count). The minimum absolute atomic E-state index is 0.0607. The fraction of sp³-hybridized carbons (Fsp3) is 0.625. The fourth-order valence-electron chi connectivity index (χ4n) is 4.36. The lowest BCUT2D eigenvalue weighted by atomic mass is 9.80. The molecule has 1 saturated heterocycles. The molecule has 32 heavy (non-hydrogen) atoms. The van der Waals surface area contributed by atoms with Crippen molar-refractivity contribution in [3.8, 4) is 5.75 Å². The first kappa shape index (κ1) is 23.9. The van der Waals surface area contributed by atoms with E-state index in [0.717, 1.165) is 24.2 Å². The standard InChI is InChI=1S/C24H35N3O5/c1-17(28)26-19-16-24(31-20-9-6-5-8-18(19)20)11-14-27(15-12-24)21(29)10-7-13-25-22(30)32-23(2,3)4/h5-6,8-9,19H,7,10-16H2,1-4H3,(H,25,30)(H,26,28). The summed E-state index contributed by atoms with van der Waals surface area (Å²) in [6, 6.07) is 7.74. The minimum atomic E-state index is -0.537. The first-order valence-electron chi connectivity index (χ1n) is 11.4. The highest BCUT2D eigenvalue weighted by atomic mass is 16.6. The largest absolute Gasteiger partial charge is 0.487 e. The predicted octanol–water partition coefficient (Wildman–Crippen LogP) is 3.31. The lowest BCUT2D eigenvalue weighted by Crippen LogP contribution is -2.53. The van der Waals surface area contributed by atoms with Crippen LogP contribution in [0, 0.1) is 0 Å². The number of benzene rings is 1. The summed E-state index contributed by atoms with van der Waals surface area (Å²) < 4.78 is 11.6. The van der Waals surface area contributed by atoms with E-state index in [4.69, 9.17) is 9.47 Å². The Morgan fingerprint density at radius 3 is 2.53 bits per heavy atom. The van der Waals surface area contributed by atoms with Gasteiger partial charge < -0.3 is 25.0 Å². The number of rotatable bonds is 5. The van der Waals surface area contributed by atoms with Crippen LogP contribution < -0.4 is 15.4 Å². The van der Waals surface area contributed by atoms with E-state index in [2.05, 4.69) is 10.6 Å². The van der Waals surface area contributed by atoms with E-state index in [1.54, 1.807) is 0 Å². The number of ether oxygens (including phenoxy) is 2. The van der Waals surface area contributed by atoms with Crippen molar-refractivity contribution in [3.05, 3.63) is 29.8 Å². The van der Waals surface area contributed by atoms with Gasteiger partial charge in [-0.25, -0.2) is 4.79 Å². The van der Waals surface area contributed by atoms with Crippen LogP contribution in [0.2, 0.25) is 0 Å². The molecule has 0 aliphatic carbocycles. The van der Waals surface area contributed by atoms with Gasteiger partial charge in [0.25, 0.3) is 0 Å². The molecule has 176 valence electrons. The Hall–Kier alpha value is -2.77. The van der Waals surface area contributed by atoms with Gasteiger partial charge in [-0.3, -0.25) is 9.59 Å². The second-order valence-electron chi connectivity index (χ2n) is 9.69. The van der Waals surface area contributed by atoms with Crippen molar-refractivity contribution in [2.24, 2.45) is 0 Å². The van der Waals surface area contributed by atoms with Crippen LogP contribution >= 0.6 is 0 Å². The fourth-order valence-corrected chi connectivity index (χ4v) is 4.36. The average Bonchev–Trinajstić information content (AvgIpc) is 2.70. The van der Waals surface area contributed by atoms with Crippen LogP contribution in [0.4, 0.5) is 4.79 Å². The molecule has 1 spiro atoms. The van der Waals surface area contributed by atoms with E-state index >= 15 is 0 Å². The van der Waals surface area contributed by atoms with Crippen molar-refractivity contribution in [1.82, 2.24) is 15.5 Å². The smallest absolute Gasteiger partial charge is 0.407 e.